The van der Waals surface area contributed by atoms with Gasteiger partial charge in [0.15, 0.2) is 11.5 Å². The number of aromatic nitrogens is 6. The minimum Gasteiger partial charge on any atom is -0.464 e. The Bertz CT molecular complexity index is 574. The molecule has 2 rings (SSSR count). The van der Waals surface area contributed by atoms with Gasteiger partial charge < -0.3 is 9.30 Å². The highest BCUT2D eigenvalue weighted by atomic mass is 16.5. The number of nitrogens with zero attached hydrogens (tertiary/aromatic N) is 6. The van der Waals surface area contributed by atoms with Crippen LogP contribution in [-0.2, 0) is 24.8 Å². The molecule has 0 saturated heterocycles. The summed E-state index contributed by atoms with van der Waals surface area (Å²) in [5.41, 5.74) is 1.03. The number of esters is 1. The van der Waals surface area contributed by atoms with Gasteiger partial charge in [0.1, 0.15) is 12.9 Å². The minimum absolute atomic E-state index is 0.270. The Hall–Kier alpha value is -2.25. The zero-order valence-electron chi connectivity index (χ0n) is 11.2. The van der Waals surface area contributed by atoms with Crippen molar-refractivity contribution in [2.75, 3.05) is 7.11 Å². The summed E-state index contributed by atoms with van der Waals surface area (Å²) in [4.78, 5) is 11.6. The van der Waals surface area contributed by atoms with Gasteiger partial charge in [0.25, 0.3) is 0 Å². The highest BCUT2D eigenvalue weighted by Crippen LogP contribution is 2.11. The molecule has 0 atom stereocenters. The third-order valence-electron chi connectivity index (χ3n) is 2.80. The third kappa shape index (κ3) is 2.61. The number of rotatable bonds is 5. The third-order valence-corrected chi connectivity index (χ3v) is 2.80. The number of hydrogen-bond acceptors (Lipinski definition) is 6. The molecule has 19 heavy (non-hydrogen) atoms. The number of carbonyl (C=O) groups is 1. The summed E-state index contributed by atoms with van der Waals surface area (Å²) in [6.07, 6.45) is 3.21. The van der Waals surface area contributed by atoms with Crippen LogP contribution in [0.25, 0.3) is 0 Å². The Labute approximate surface area is 110 Å². The molecular weight excluding hydrogens is 248 g/mol. The van der Waals surface area contributed by atoms with E-state index in [1.54, 1.807) is 15.6 Å². The van der Waals surface area contributed by atoms with E-state index in [9.17, 15) is 4.79 Å². The summed E-state index contributed by atoms with van der Waals surface area (Å²) in [5, 5.41) is 15.7. The molecule has 2 aromatic rings. The van der Waals surface area contributed by atoms with E-state index >= 15 is 0 Å². The fourth-order valence-corrected chi connectivity index (χ4v) is 1.78. The second kappa shape index (κ2) is 5.59. The van der Waals surface area contributed by atoms with Crippen molar-refractivity contribution < 1.29 is 9.53 Å². The highest BCUT2D eigenvalue weighted by molar-refractivity contribution is 5.88. The molecule has 0 aliphatic carbocycles. The molecule has 2 heterocycles. The van der Waals surface area contributed by atoms with Crippen molar-refractivity contribution in [1.82, 2.24) is 29.8 Å². The average Bonchev–Trinajstić information content (AvgIpc) is 2.98. The van der Waals surface area contributed by atoms with Gasteiger partial charge in [-0.2, -0.15) is 0 Å². The zero-order valence-corrected chi connectivity index (χ0v) is 11.2. The Morgan fingerprint density at radius 1 is 1.42 bits per heavy atom. The molecule has 0 radical (unpaired) electrons. The maximum absolute atomic E-state index is 11.6. The standard InChI is InChI=1S/C11H16N6O2/c1-4-5-8-10(11(18)19-3)14-15-17(8)6-9-13-12-7-16(9)2/h7H,4-6H2,1-3H3. The van der Waals surface area contributed by atoms with Crippen LogP contribution in [-0.4, -0.2) is 42.8 Å². The van der Waals surface area contributed by atoms with E-state index in [2.05, 4.69) is 20.5 Å². The molecule has 0 spiro atoms. The normalized spacial score (nSPS) is 10.7. The summed E-state index contributed by atoms with van der Waals surface area (Å²) in [6, 6.07) is 0. The SMILES string of the molecule is CCCc1c(C(=O)OC)nnn1Cc1nncn1C. The molecule has 0 aromatic carbocycles. The molecule has 0 aliphatic heterocycles. The lowest BCUT2D eigenvalue weighted by molar-refractivity contribution is 0.0592. The fraction of sp³-hybridized carbons (Fsp3) is 0.545. The molecule has 2 aromatic heterocycles. The van der Waals surface area contributed by atoms with Gasteiger partial charge >= 0.3 is 5.97 Å². The number of ether oxygens (including phenoxy) is 1. The van der Waals surface area contributed by atoms with Crippen LogP contribution in [0.1, 0.15) is 35.4 Å². The van der Waals surface area contributed by atoms with Crippen molar-refractivity contribution in [2.45, 2.75) is 26.3 Å². The molecule has 0 saturated carbocycles. The first-order chi connectivity index (χ1) is 9.17. The molecular formula is C11H16N6O2. The van der Waals surface area contributed by atoms with Gasteiger partial charge in [-0.25, -0.2) is 9.48 Å². The summed E-state index contributed by atoms with van der Waals surface area (Å²) in [5.74, 6) is 0.284. The van der Waals surface area contributed by atoms with E-state index in [1.165, 1.54) is 7.11 Å². The van der Waals surface area contributed by atoms with Crippen LogP contribution in [0.5, 0.6) is 0 Å². The second-order valence-electron chi connectivity index (χ2n) is 4.14. The predicted molar refractivity (Wildman–Crippen MR) is 65.5 cm³/mol. The molecule has 0 aliphatic rings. The van der Waals surface area contributed by atoms with Crippen LogP contribution in [0.3, 0.4) is 0 Å². The van der Waals surface area contributed by atoms with Crippen molar-refractivity contribution in [1.29, 1.82) is 0 Å². The van der Waals surface area contributed by atoms with Crippen LogP contribution in [0.4, 0.5) is 0 Å². The molecule has 0 unspecified atom stereocenters. The van der Waals surface area contributed by atoms with Gasteiger partial charge in [0, 0.05) is 7.05 Å². The van der Waals surface area contributed by atoms with E-state index in [4.69, 9.17) is 4.74 Å². The predicted octanol–water partition coefficient (Wildman–Crippen LogP) is 0.194. The Morgan fingerprint density at radius 3 is 2.79 bits per heavy atom. The Kier molecular flexibility index (Phi) is 3.88. The summed E-state index contributed by atoms with van der Waals surface area (Å²) in [7, 11) is 3.19. The van der Waals surface area contributed by atoms with E-state index in [0.717, 1.165) is 17.9 Å². The molecule has 8 heteroatoms. The molecule has 0 fully saturated rings. The van der Waals surface area contributed by atoms with Crippen molar-refractivity contribution in [3.8, 4) is 0 Å². The second-order valence-corrected chi connectivity index (χ2v) is 4.14. The topological polar surface area (TPSA) is 87.7 Å². The molecule has 0 N–H and O–H groups in total. The smallest absolute Gasteiger partial charge is 0.360 e. The van der Waals surface area contributed by atoms with Crippen molar-refractivity contribution >= 4 is 5.97 Å². The Balaban J connectivity index is 2.32. The molecule has 8 nitrogen and oxygen atoms in total. The molecule has 0 bridgehead atoms. The van der Waals surface area contributed by atoms with Gasteiger partial charge in [-0.15, -0.1) is 15.3 Å². The summed E-state index contributed by atoms with van der Waals surface area (Å²) >= 11 is 0. The van der Waals surface area contributed by atoms with Crippen LogP contribution in [0.15, 0.2) is 6.33 Å². The van der Waals surface area contributed by atoms with E-state index in [1.807, 2.05) is 14.0 Å². The van der Waals surface area contributed by atoms with Crippen molar-refractivity contribution in [3.05, 3.63) is 23.5 Å². The van der Waals surface area contributed by atoms with E-state index < -0.39 is 5.97 Å². The van der Waals surface area contributed by atoms with Gasteiger partial charge in [0.2, 0.25) is 0 Å². The number of methoxy groups -OCH3 is 1. The Morgan fingerprint density at radius 2 is 2.21 bits per heavy atom. The lowest BCUT2D eigenvalue weighted by Gasteiger charge is -2.06. The summed E-state index contributed by atoms with van der Waals surface area (Å²) in [6.45, 7) is 2.45. The van der Waals surface area contributed by atoms with E-state index in [0.29, 0.717) is 13.0 Å². The van der Waals surface area contributed by atoms with Crippen molar-refractivity contribution in [2.24, 2.45) is 7.05 Å². The average molecular weight is 264 g/mol. The summed E-state index contributed by atoms with van der Waals surface area (Å²) < 4.78 is 8.17. The first kappa shape index (κ1) is 13.2. The number of carbonyl (C=O) groups excluding carboxylic acids is 1. The lowest BCUT2D eigenvalue weighted by atomic mass is 10.2. The van der Waals surface area contributed by atoms with Gasteiger partial charge in [0.05, 0.1) is 12.8 Å². The highest BCUT2D eigenvalue weighted by Gasteiger charge is 2.20. The fourth-order valence-electron chi connectivity index (χ4n) is 1.78. The molecule has 0 amide bonds. The van der Waals surface area contributed by atoms with Gasteiger partial charge in [-0.05, 0) is 6.42 Å². The van der Waals surface area contributed by atoms with Crippen molar-refractivity contribution in [3.63, 3.8) is 0 Å². The minimum atomic E-state index is -0.465. The largest absolute Gasteiger partial charge is 0.464 e. The van der Waals surface area contributed by atoms with Crippen LogP contribution in [0.2, 0.25) is 0 Å². The van der Waals surface area contributed by atoms with Crippen LogP contribution < -0.4 is 0 Å². The number of aryl methyl sites for hydroxylation is 1. The van der Waals surface area contributed by atoms with Gasteiger partial charge in [-0.3, -0.25) is 0 Å². The lowest BCUT2D eigenvalue weighted by Crippen LogP contribution is -2.12. The first-order valence-corrected chi connectivity index (χ1v) is 6.00. The maximum Gasteiger partial charge on any atom is 0.360 e. The van der Waals surface area contributed by atoms with Gasteiger partial charge in [-0.1, -0.05) is 18.6 Å². The van der Waals surface area contributed by atoms with E-state index in [-0.39, 0.29) is 5.69 Å². The zero-order chi connectivity index (χ0) is 13.8. The maximum atomic E-state index is 11.6. The monoisotopic (exact) mass is 264 g/mol. The first-order valence-electron chi connectivity index (χ1n) is 6.00. The van der Waals surface area contributed by atoms with Crippen LogP contribution >= 0.6 is 0 Å². The number of hydrogen-bond donors (Lipinski definition) is 0. The molecule has 102 valence electrons. The quantitative estimate of drug-likeness (QED) is 0.716. The van der Waals surface area contributed by atoms with Crippen LogP contribution in [0, 0.1) is 0 Å².